The highest BCUT2D eigenvalue weighted by atomic mass is 32.1. The van der Waals surface area contributed by atoms with Crippen LogP contribution in [0.3, 0.4) is 0 Å². The Labute approximate surface area is 161 Å². The Kier molecular flexibility index (Phi) is 5.61. The van der Waals surface area contributed by atoms with E-state index in [0.29, 0.717) is 5.01 Å². The molecular weight excluding hydrogens is 391 g/mol. The van der Waals surface area contributed by atoms with E-state index in [1.54, 1.807) is 12.1 Å². The first-order chi connectivity index (χ1) is 13.3. The van der Waals surface area contributed by atoms with Gasteiger partial charge in [-0.1, -0.05) is 12.1 Å². The number of carbonyl (C=O) groups is 1. The monoisotopic (exact) mass is 403 g/mol. The van der Waals surface area contributed by atoms with Crippen molar-refractivity contribution in [1.29, 1.82) is 5.26 Å². The first-order valence-corrected chi connectivity index (χ1v) is 8.74. The SMILES string of the molecule is N#Cc1cc(NC(=O)/C=C/c2nc3ccccc3s2)ccc1OCC(F)(F)F. The molecule has 0 aliphatic rings. The van der Waals surface area contributed by atoms with Crippen LogP contribution in [0.1, 0.15) is 10.6 Å². The fourth-order valence-electron chi connectivity index (χ4n) is 2.27. The van der Waals surface area contributed by atoms with Gasteiger partial charge >= 0.3 is 6.18 Å². The predicted octanol–water partition coefficient (Wildman–Crippen LogP) is 4.76. The summed E-state index contributed by atoms with van der Waals surface area (Å²) >= 11 is 1.43. The smallest absolute Gasteiger partial charge is 0.422 e. The van der Waals surface area contributed by atoms with Crippen LogP contribution >= 0.6 is 11.3 Å². The Morgan fingerprint density at radius 2 is 2.07 bits per heavy atom. The number of alkyl halides is 3. The van der Waals surface area contributed by atoms with Crippen molar-refractivity contribution in [2.75, 3.05) is 11.9 Å². The molecule has 1 N–H and O–H groups in total. The standard InChI is InChI=1S/C19H12F3N3O2S/c20-19(21,22)11-27-15-6-5-13(9-12(15)10-23)24-17(26)7-8-18-25-14-3-1-2-4-16(14)28-18/h1-9H,11H2,(H,24,26)/b8-7+. The Bertz CT molecular complexity index is 1050. The van der Waals surface area contributed by atoms with Crippen LogP contribution < -0.4 is 10.1 Å². The summed E-state index contributed by atoms with van der Waals surface area (Å²) in [7, 11) is 0. The van der Waals surface area contributed by atoms with Gasteiger partial charge in [0.1, 0.15) is 16.8 Å². The Morgan fingerprint density at radius 1 is 1.29 bits per heavy atom. The molecule has 0 saturated heterocycles. The summed E-state index contributed by atoms with van der Waals surface area (Å²) < 4.78 is 42.3. The average Bonchev–Trinajstić information content (AvgIpc) is 3.07. The molecule has 0 aliphatic heterocycles. The van der Waals surface area contributed by atoms with E-state index in [0.717, 1.165) is 10.2 Å². The number of halogens is 3. The van der Waals surface area contributed by atoms with Crippen molar-refractivity contribution in [1.82, 2.24) is 4.98 Å². The van der Waals surface area contributed by atoms with Crippen LogP contribution in [0, 0.1) is 11.3 Å². The molecule has 2 aromatic carbocycles. The van der Waals surface area contributed by atoms with E-state index in [2.05, 4.69) is 15.0 Å². The summed E-state index contributed by atoms with van der Waals surface area (Å²) in [6.07, 6.45) is -1.66. The fourth-order valence-corrected chi connectivity index (χ4v) is 3.14. The van der Waals surface area contributed by atoms with Crippen molar-refractivity contribution in [2.24, 2.45) is 0 Å². The maximum Gasteiger partial charge on any atom is 0.422 e. The van der Waals surface area contributed by atoms with Crippen LogP contribution in [0.4, 0.5) is 18.9 Å². The quantitative estimate of drug-likeness (QED) is 0.623. The number of anilines is 1. The number of benzene rings is 2. The molecule has 1 amide bonds. The fraction of sp³-hybridized carbons (Fsp3) is 0.105. The zero-order valence-electron chi connectivity index (χ0n) is 14.2. The number of hydrogen-bond donors (Lipinski definition) is 1. The van der Waals surface area contributed by atoms with Crippen molar-refractivity contribution in [3.63, 3.8) is 0 Å². The molecular formula is C19H12F3N3O2S. The summed E-state index contributed by atoms with van der Waals surface area (Å²) in [4.78, 5) is 16.4. The third kappa shape index (κ3) is 5.08. The van der Waals surface area contributed by atoms with E-state index in [4.69, 9.17) is 5.26 Å². The third-order valence-electron chi connectivity index (χ3n) is 3.45. The molecule has 1 aromatic heterocycles. The lowest BCUT2D eigenvalue weighted by Gasteiger charge is -2.11. The van der Waals surface area contributed by atoms with E-state index in [1.165, 1.54) is 35.6 Å². The normalized spacial score (nSPS) is 11.5. The molecule has 0 radical (unpaired) electrons. The number of hydrogen-bond acceptors (Lipinski definition) is 5. The molecule has 3 aromatic rings. The highest BCUT2D eigenvalue weighted by molar-refractivity contribution is 7.19. The van der Waals surface area contributed by atoms with Gasteiger partial charge in [0.2, 0.25) is 5.91 Å². The molecule has 0 saturated carbocycles. The number of nitrogens with zero attached hydrogens (tertiary/aromatic N) is 2. The first kappa shape index (κ1) is 19.4. The van der Waals surface area contributed by atoms with Gasteiger partial charge in [-0.05, 0) is 36.4 Å². The van der Waals surface area contributed by atoms with Crippen molar-refractivity contribution < 1.29 is 22.7 Å². The molecule has 3 rings (SSSR count). The second kappa shape index (κ2) is 8.10. The zero-order chi connectivity index (χ0) is 20.1. The summed E-state index contributed by atoms with van der Waals surface area (Å²) in [6, 6.07) is 13.1. The molecule has 5 nitrogen and oxygen atoms in total. The Hall–Kier alpha value is -3.38. The van der Waals surface area contributed by atoms with Crippen LogP contribution in [0.15, 0.2) is 48.5 Å². The number of fused-ring (bicyclic) bond motifs is 1. The minimum Gasteiger partial charge on any atom is -0.483 e. The summed E-state index contributed by atoms with van der Waals surface area (Å²) in [6.45, 7) is -1.50. The first-order valence-electron chi connectivity index (χ1n) is 7.92. The highest BCUT2D eigenvalue weighted by Crippen LogP contribution is 2.25. The van der Waals surface area contributed by atoms with Crippen LogP contribution in [-0.4, -0.2) is 23.7 Å². The lowest BCUT2D eigenvalue weighted by molar-refractivity contribution is -0.153. The minimum absolute atomic E-state index is 0.114. The van der Waals surface area contributed by atoms with Crippen LogP contribution in [-0.2, 0) is 4.79 Å². The third-order valence-corrected chi connectivity index (χ3v) is 4.45. The molecule has 28 heavy (non-hydrogen) atoms. The molecule has 1 heterocycles. The number of aromatic nitrogens is 1. The molecule has 0 aliphatic carbocycles. The second-order valence-corrected chi connectivity index (χ2v) is 6.63. The molecule has 0 spiro atoms. The van der Waals surface area contributed by atoms with Gasteiger partial charge in [-0.25, -0.2) is 4.98 Å². The number of ether oxygens (including phenoxy) is 1. The van der Waals surface area contributed by atoms with Crippen molar-refractivity contribution in [2.45, 2.75) is 6.18 Å². The van der Waals surface area contributed by atoms with Gasteiger partial charge in [-0.2, -0.15) is 18.4 Å². The van der Waals surface area contributed by atoms with Gasteiger partial charge in [0.15, 0.2) is 6.61 Å². The van der Waals surface area contributed by atoms with E-state index in [-0.39, 0.29) is 17.0 Å². The lowest BCUT2D eigenvalue weighted by atomic mass is 10.2. The number of carbonyl (C=O) groups excluding carboxylic acids is 1. The zero-order valence-corrected chi connectivity index (χ0v) is 15.0. The molecule has 0 atom stereocenters. The number of nitrogens with one attached hydrogen (secondary N) is 1. The van der Waals surface area contributed by atoms with Crippen molar-refractivity contribution in [3.8, 4) is 11.8 Å². The van der Waals surface area contributed by atoms with Gasteiger partial charge in [0, 0.05) is 11.8 Å². The maximum absolute atomic E-state index is 12.2. The van der Waals surface area contributed by atoms with Crippen molar-refractivity contribution in [3.05, 3.63) is 59.1 Å². The minimum atomic E-state index is -4.51. The van der Waals surface area contributed by atoms with Gasteiger partial charge < -0.3 is 10.1 Å². The second-order valence-electron chi connectivity index (χ2n) is 5.57. The number of para-hydroxylation sites is 1. The van der Waals surface area contributed by atoms with Crippen LogP contribution in [0.25, 0.3) is 16.3 Å². The van der Waals surface area contributed by atoms with Crippen LogP contribution in [0.5, 0.6) is 5.75 Å². The predicted molar refractivity (Wildman–Crippen MR) is 100.0 cm³/mol. The van der Waals surface area contributed by atoms with Gasteiger partial charge in [-0.15, -0.1) is 11.3 Å². The molecule has 0 bridgehead atoms. The van der Waals surface area contributed by atoms with E-state index < -0.39 is 18.7 Å². The molecule has 0 unspecified atom stereocenters. The number of rotatable bonds is 5. The van der Waals surface area contributed by atoms with Crippen molar-refractivity contribution >= 4 is 39.2 Å². The number of thiazole rings is 1. The topological polar surface area (TPSA) is 75.0 Å². The summed E-state index contributed by atoms with van der Waals surface area (Å²) in [5.41, 5.74) is 0.979. The molecule has 142 valence electrons. The van der Waals surface area contributed by atoms with Gasteiger partial charge in [0.25, 0.3) is 0 Å². The lowest BCUT2D eigenvalue weighted by Crippen LogP contribution is -2.19. The molecule has 9 heteroatoms. The Morgan fingerprint density at radius 3 is 2.79 bits per heavy atom. The van der Waals surface area contributed by atoms with E-state index in [9.17, 15) is 18.0 Å². The number of amides is 1. The summed E-state index contributed by atoms with van der Waals surface area (Å²) in [5, 5.41) is 12.3. The largest absolute Gasteiger partial charge is 0.483 e. The van der Waals surface area contributed by atoms with Crippen LogP contribution in [0.2, 0.25) is 0 Å². The van der Waals surface area contributed by atoms with E-state index in [1.807, 2.05) is 24.3 Å². The maximum atomic E-state index is 12.2. The van der Waals surface area contributed by atoms with E-state index >= 15 is 0 Å². The van der Waals surface area contributed by atoms with Gasteiger partial charge in [0.05, 0.1) is 15.8 Å². The van der Waals surface area contributed by atoms with Gasteiger partial charge in [-0.3, -0.25) is 4.79 Å². The molecule has 0 fully saturated rings. The highest BCUT2D eigenvalue weighted by Gasteiger charge is 2.28. The number of nitriles is 1. The summed E-state index contributed by atoms with van der Waals surface area (Å²) in [5.74, 6) is -0.671. The Balaban J connectivity index is 1.67. The average molecular weight is 403 g/mol.